The van der Waals surface area contributed by atoms with E-state index < -0.39 is 5.41 Å². The van der Waals surface area contributed by atoms with E-state index in [1.54, 1.807) is 12.1 Å². The van der Waals surface area contributed by atoms with Crippen LogP contribution in [-0.2, 0) is 14.9 Å². The van der Waals surface area contributed by atoms with Gasteiger partial charge in [0.25, 0.3) is 0 Å². The maximum Gasteiger partial charge on any atom is 0.235 e. The van der Waals surface area contributed by atoms with Crippen LogP contribution in [0, 0.1) is 0 Å². The molecule has 2 aliphatic rings. The molecule has 0 aromatic heterocycles. The third-order valence-electron chi connectivity index (χ3n) is 5.94. The van der Waals surface area contributed by atoms with Gasteiger partial charge in [0.2, 0.25) is 5.91 Å². The van der Waals surface area contributed by atoms with Crippen molar-refractivity contribution in [2.45, 2.75) is 50.0 Å². The minimum absolute atomic E-state index is 0.0746. The topological polar surface area (TPSA) is 47.6 Å². The number of halogens is 2. The smallest absolute Gasteiger partial charge is 0.235 e. The van der Waals surface area contributed by atoms with E-state index in [1.807, 2.05) is 30.3 Å². The Kier molecular flexibility index (Phi) is 6.33. The molecule has 1 saturated carbocycles. The van der Waals surface area contributed by atoms with Gasteiger partial charge in [-0.2, -0.15) is 0 Å². The first-order valence-electron chi connectivity index (χ1n) is 10.2. The van der Waals surface area contributed by atoms with Gasteiger partial charge in [-0.05, 0) is 80.5 Å². The van der Waals surface area contributed by atoms with Gasteiger partial charge < -0.3 is 14.8 Å². The van der Waals surface area contributed by atoms with E-state index in [4.69, 9.17) is 32.7 Å². The second-order valence-electron chi connectivity index (χ2n) is 7.82. The molecular formula is C23H25Cl2NO3. The lowest BCUT2D eigenvalue weighted by molar-refractivity contribution is -0.125. The Morgan fingerprint density at radius 2 is 1.72 bits per heavy atom. The Labute approximate surface area is 181 Å². The Hall–Kier alpha value is -1.75. The number of benzene rings is 2. The van der Waals surface area contributed by atoms with Gasteiger partial charge >= 0.3 is 0 Å². The fourth-order valence-electron chi connectivity index (χ4n) is 4.28. The summed E-state index contributed by atoms with van der Waals surface area (Å²) in [5.74, 6) is 0.769. The highest BCUT2D eigenvalue weighted by atomic mass is 35.5. The van der Waals surface area contributed by atoms with Crippen LogP contribution < -0.4 is 10.1 Å². The molecule has 2 aromatic carbocycles. The molecule has 6 heteroatoms. The number of hydrogen-bond acceptors (Lipinski definition) is 3. The molecule has 2 aromatic rings. The van der Waals surface area contributed by atoms with Crippen LogP contribution in [0.5, 0.6) is 5.75 Å². The Morgan fingerprint density at radius 3 is 2.38 bits per heavy atom. The monoisotopic (exact) mass is 433 g/mol. The van der Waals surface area contributed by atoms with Gasteiger partial charge in [-0.15, -0.1) is 0 Å². The molecule has 154 valence electrons. The van der Waals surface area contributed by atoms with Gasteiger partial charge in [-0.25, -0.2) is 0 Å². The Bertz CT molecular complexity index is 857. The van der Waals surface area contributed by atoms with Gasteiger partial charge in [0, 0.05) is 28.9 Å². The molecule has 0 spiro atoms. The maximum absolute atomic E-state index is 13.4. The van der Waals surface area contributed by atoms with Crippen LogP contribution in [0.25, 0.3) is 0 Å². The number of carbonyl (C=O) groups is 1. The van der Waals surface area contributed by atoms with Crippen molar-refractivity contribution in [1.29, 1.82) is 0 Å². The molecule has 0 unspecified atom stereocenters. The number of anilines is 1. The molecule has 0 atom stereocenters. The van der Waals surface area contributed by atoms with Crippen LogP contribution in [0.1, 0.15) is 44.1 Å². The first kappa shape index (κ1) is 20.5. The largest absolute Gasteiger partial charge is 0.490 e. The summed E-state index contributed by atoms with van der Waals surface area (Å²) in [6.45, 7) is 1.03. The van der Waals surface area contributed by atoms with Crippen molar-refractivity contribution < 1.29 is 14.3 Å². The number of amides is 1. The van der Waals surface area contributed by atoms with Crippen LogP contribution in [0.2, 0.25) is 10.0 Å². The van der Waals surface area contributed by atoms with Crippen LogP contribution in [0.4, 0.5) is 5.69 Å². The van der Waals surface area contributed by atoms with E-state index in [-0.39, 0.29) is 5.91 Å². The average molecular weight is 434 g/mol. The highest BCUT2D eigenvalue weighted by Gasteiger charge is 2.43. The second kappa shape index (κ2) is 8.95. The van der Waals surface area contributed by atoms with Gasteiger partial charge in [0.15, 0.2) is 0 Å². The molecule has 2 fully saturated rings. The van der Waals surface area contributed by atoms with E-state index >= 15 is 0 Å². The molecular weight excluding hydrogens is 409 g/mol. The van der Waals surface area contributed by atoms with E-state index in [1.165, 1.54) is 12.8 Å². The molecule has 1 saturated heterocycles. The van der Waals surface area contributed by atoms with Crippen molar-refractivity contribution in [2.75, 3.05) is 18.5 Å². The van der Waals surface area contributed by atoms with E-state index in [0.717, 1.165) is 29.8 Å². The summed E-state index contributed by atoms with van der Waals surface area (Å²) < 4.78 is 11.5. The highest BCUT2D eigenvalue weighted by molar-refractivity contribution is 6.35. The van der Waals surface area contributed by atoms with E-state index in [2.05, 4.69) is 5.32 Å². The fourth-order valence-corrected chi connectivity index (χ4v) is 4.87. The number of hydrogen-bond donors (Lipinski definition) is 1. The fraction of sp³-hybridized carbons (Fsp3) is 0.435. The van der Waals surface area contributed by atoms with Gasteiger partial charge in [-0.1, -0.05) is 29.3 Å². The van der Waals surface area contributed by atoms with Crippen LogP contribution in [0.15, 0.2) is 42.5 Å². The molecule has 0 bridgehead atoms. The summed E-state index contributed by atoms with van der Waals surface area (Å²) in [6.07, 6.45) is 6.16. The normalized spacial score (nSPS) is 19.1. The highest BCUT2D eigenvalue weighted by Crippen LogP contribution is 2.40. The number of rotatable bonds is 5. The lowest BCUT2D eigenvalue weighted by Crippen LogP contribution is -2.45. The standard InChI is InChI=1S/C23H25Cl2NO3/c24-16-5-10-20(21(25)15-16)23(11-13-28-14-12-23)22(27)26-17-6-8-19(9-7-17)29-18-3-1-2-4-18/h5-10,15,18H,1-4,11-14H2,(H,26,27). The zero-order valence-corrected chi connectivity index (χ0v) is 17.8. The lowest BCUT2D eigenvalue weighted by Gasteiger charge is -2.36. The van der Waals surface area contributed by atoms with Crippen molar-refractivity contribution in [3.05, 3.63) is 58.1 Å². The molecule has 1 heterocycles. The van der Waals surface area contributed by atoms with Crippen molar-refractivity contribution in [1.82, 2.24) is 0 Å². The molecule has 4 rings (SSSR count). The van der Waals surface area contributed by atoms with Crippen LogP contribution >= 0.6 is 23.2 Å². The first-order chi connectivity index (χ1) is 14.1. The van der Waals surface area contributed by atoms with Gasteiger partial charge in [0.05, 0.1) is 11.5 Å². The molecule has 1 aliphatic carbocycles. The summed E-state index contributed by atoms with van der Waals surface area (Å²) in [5, 5.41) is 4.14. The SMILES string of the molecule is O=C(Nc1ccc(OC2CCCC2)cc1)C1(c2ccc(Cl)cc2Cl)CCOCC1. The van der Waals surface area contributed by atoms with E-state index in [0.29, 0.717) is 42.2 Å². The molecule has 1 N–H and O–H groups in total. The van der Waals surface area contributed by atoms with E-state index in [9.17, 15) is 4.79 Å². The zero-order chi connectivity index (χ0) is 20.3. The molecule has 1 amide bonds. The second-order valence-corrected chi connectivity index (χ2v) is 8.67. The molecule has 1 aliphatic heterocycles. The summed E-state index contributed by atoms with van der Waals surface area (Å²) in [4.78, 5) is 13.4. The maximum atomic E-state index is 13.4. The van der Waals surface area contributed by atoms with Crippen molar-refractivity contribution in [3.8, 4) is 5.75 Å². The molecule has 4 nitrogen and oxygen atoms in total. The quantitative estimate of drug-likeness (QED) is 0.628. The minimum atomic E-state index is -0.737. The van der Waals surface area contributed by atoms with Gasteiger partial charge in [0.1, 0.15) is 5.75 Å². The number of ether oxygens (including phenoxy) is 2. The molecule has 0 radical (unpaired) electrons. The predicted molar refractivity (Wildman–Crippen MR) is 116 cm³/mol. The summed E-state index contributed by atoms with van der Waals surface area (Å²) >= 11 is 12.5. The van der Waals surface area contributed by atoms with Crippen molar-refractivity contribution in [3.63, 3.8) is 0 Å². The summed E-state index contributed by atoms with van der Waals surface area (Å²) in [5.41, 5.74) is 0.800. The Morgan fingerprint density at radius 1 is 1.03 bits per heavy atom. The third kappa shape index (κ3) is 4.55. The van der Waals surface area contributed by atoms with Crippen LogP contribution in [0.3, 0.4) is 0 Å². The Balaban J connectivity index is 1.52. The van der Waals surface area contributed by atoms with Crippen LogP contribution in [-0.4, -0.2) is 25.2 Å². The zero-order valence-electron chi connectivity index (χ0n) is 16.3. The first-order valence-corrected chi connectivity index (χ1v) is 10.9. The average Bonchev–Trinajstić information content (AvgIpc) is 3.23. The van der Waals surface area contributed by atoms with Gasteiger partial charge in [-0.3, -0.25) is 4.79 Å². The number of nitrogens with one attached hydrogen (secondary N) is 1. The predicted octanol–water partition coefficient (Wildman–Crippen LogP) is 6.00. The summed E-state index contributed by atoms with van der Waals surface area (Å²) in [7, 11) is 0. The minimum Gasteiger partial charge on any atom is -0.490 e. The third-order valence-corrected chi connectivity index (χ3v) is 6.49. The van der Waals surface area contributed by atoms with Crippen molar-refractivity contribution >= 4 is 34.8 Å². The molecule has 29 heavy (non-hydrogen) atoms. The van der Waals surface area contributed by atoms with Crippen molar-refractivity contribution in [2.24, 2.45) is 0 Å². The number of carbonyl (C=O) groups excluding carboxylic acids is 1. The lowest BCUT2D eigenvalue weighted by atomic mass is 9.73. The summed E-state index contributed by atoms with van der Waals surface area (Å²) in [6, 6.07) is 12.9.